The molecule has 0 unspecified atom stereocenters. The Bertz CT molecular complexity index is 358. The third-order valence-corrected chi connectivity index (χ3v) is 3.94. The minimum atomic E-state index is 0.579. The van der Waals surface area contributed by atoms with Gasteiger partial charge in [-0.3, -0.25) is 0 Å². The Morgan fingerprint density at radius 3 is 2.45 bits per heavy atom. The Hall–Kier alpha value is -1.06. The first-order chi connectivity index (χ1) is 9.88. The molecular formula is C17H27NO2. The molecule has 0 saturated heterocycles. The number of hydrogen-bond acceptors (Lipinski definition) is 3. The second-order valence-corrected chi connectivity index (χ2v) is 5.63. The largest absolute Gasteiger partial charge is 0.494 e. The van der Waals surface area contributed by atoms with Gasteiger partial charge >= 0.3 is 0 Å². The van der Waals surface area contributed by atoms with Gasteiger partial charge in [0.25, 0.3) is 0 Å². The Balaban J connectivity index is 1.50. The molecule has 0 heterocycles. The Labute approximate surface area is 122 Å². The number of hydrogen-bond donors (Lipinski definition) is 1. The van der Waals surface area contributed by atoms with E-state index >= 15 is 0 Å². The average molecular weight is 277 g/mol. The van der Waals surface area contributed by atoms with Crippen LogP contribution >= 0.6 is 0 Å². The molecule has 1 fully saturated rings. The second-order valence-electron chi connectivity index (χ2n) is 5.63. The number of nitrogens with two attached hydrogens (primary N) is 1. The van der Waals surface area contributed by atoms with Crippen molar-refractivity contribution in [1.29, 1.82) is 0 Å². The molecule has 3 heteroatoms. The summed E-state index contributed by atoms with van der Waals surface area (Å²) in [7, 11) is 0. The van der Waals surface area contributed by atoms with E-state index in [2.05, 4.69) is 0 Å². The Morgan fingerprint density at radius 2 is 1.75 bits per heavy atom. The van der Waals surface area contributed by atoms with Gasteiger partial charge in [0.2, 0.25) is 0 Å². The molecule has 0 spiro atoms. The van der Waals surface area contributed by atoms with Crippen molar-refractivity contribution >= 4 is 0 Å². The van der Waals surface area contributed by atoms with Crippen LogP contribution < -0.4 is 10.5 Å². The zero-order chi connectivity index (χ0) is 14.0. The summed E-state index contributed by atoms with van der Waals surface area (Å²) in [6.07, 6.45) is 7.83. The van der Waals surface area contributed by atoms with E-state index in [1.807, 2.05) is 24.3 Å². The summed E-state index contributed by atoms with van der Waals surface area (Å²) < 4.78 is 11.4. The van der Waals surface area contributed by atoms with Gasteiger partial charge in [0.1, 0.15) is 5.75 Å². The van der Waals surface area contributed by atoms with E-state index in [-0.39, 0.29) is 0 Å². The number of ether oxygens (including phenoxy) is 2. The van der Waals surface area contributed by atoms with Crippen molar-refractivity contribution in [1.82, 2.24) is 0 Å². The summed E-state index contributed by atoms with van der Waals surface area (Å²) in [5.74, 6) is 1.71. The third kappa shape index (κ3) is 5.51. The molecule has 0 bridgehead atoms. The molecule has 0 amide bonds. The van der Waals surface area contributed by atoms with E-state index in [1.54, 1.807) is 0 Å². The van der Waals surface area contributed by atoms with Crippen LogP contribution in [0.2, 0.25) is 0 Å². The molecule has 1 aromatic rings. The van der Waals surface area contributed by atoms with Crippen molar-refractivity contribution in [3.05, 3.63) is 29.8 Å². The molecule has 1 aliphatic rings. The molecular weight excluding hydrogens is 250 g/mol. The molecule has 0 radical (unpaired) electrons. The van der Waals surface area contributed by atoms with E-state index in [9.17, 15) is 0 Å². The zero-order valence-corrected chi connectivity index (χ0v) is 12.4. The maximum Gasteiger partial charge on any atom is 0.119 e. The SMILES string of the molecule is NCc1ccc(OCCCOCC2CCCCC2)cc1. The topological polar surface area (TPSA) is 44.5 Å². The van der Waals surface area contributed by atoms with Crippen LogP contribution in [0.25, 0.3) is 0 Å². The van der Waals surface area contributed by atoms with Crippen LogP contribution in [0.15, 0.2) is 24.3 Å². The average Bonchev–Trinajstić information content (AvgIpc) is 2.52. The highest BCUT2D eigenvalue weighted by Gasteiger charge is 2.12. The minimum Gasteiger partial charge on any atom is -0.494 e. The lowest BCUT2D eigenvalue weighted by molar-refractivity contribution is 0.0766. The number of benzene rings is 1. The lowest BCUT2D eigenvalue weighted by Crippen LogP contribution is -2.14. The van der Waals surface area contributed by atoms with Crippen molar-refractivity contribution in [3.8, 4) is 5.75 Å². The van der Waals surface area contributed by atoms with Gasteiger partial charge in [-0.05, 0) is 36.5 Å². The summed E-state index contributed by atoms with van der Waals surface area (Å²) in [5.41, 5.74) is 6.69. The van der Waals surface area contributed by atoms with Gasteiger partial charge in [-0.2, -0.15) is 0 Å². The predicted molar refractivity (Wildman–Crippen MR) is 81.8 cm³/mol. The molecule has 2 N–H and O–H groups in total. The Kier molecular flexibility index (Phi) is 6.89. The summed E-state index contributed by atoms with van der Waals surface area (Å²) in [6, 6.07) is 7.97. The normalized spacial score (nSPS) is 16.2. The lowest BCUT2D eigenvalue weighted by Gasteiger charge is -2.21. The first-order valence-electron chi connectivity index (χ1n) is 7.88. The molecule has 1 aliphatic carbocycles. The summed E-state index contributed by atoms with van der Waals surface area (Å²) in [6.45, 7) is 3.03. The van der Waals surface area contributed by atoms with E-state index in [1.165, 1.54) is 32.1 Å². The van der Waals surface area contributed by atoms with Crippen LogP contribution in [0.4, 0.5) is 0 Å². The van der Waals surface area contributed by atoms with Gasteiger partial charge in [-0.25, -0.2) is 0 Å². The number of rotatable bonds is 8. The van der Waals surface area contributed by atoms with Crippen LogP contribution in [0.5, 0.6) is 5.75 Å². The minimum absolute atomic E-state index is 0.579. The van der Waals surface area contributed by atoms with E-state index in [0.29, 0.717) is 13.2 Å². The van der Waals surface area contributed by atoms with Gasteiger partial charge < -0.3 is 15.2 Å². The molecule has 0 aliphatic heterocycles. The van der Waals surface area contributed by atoms with E-state index in [0.717, 1.165) is 36.9 Å². The molecule has 3 nitrogen and oxygen atoms in total. The zero-order valence-electron chi connectivity index (χ0n) is 12.4. The maximum absolute atomic E-state index is 5.75. The highest BCUT2D eigenvalue weighted by atomic mass is 16.5. The van der Waals surface area contributed by atoms with Crippen LogP contribution in [-0.4, -0.2) is 19.8 Å². The molecule has 20 heavy (non-hydrogen) atoms. The summed E-state index contributed by atoms with van der Waals surface area (Å²) >= 11 is 0. The molecule has 1 aromatic carbocycles. The van der Waals surface area contributed by atoms with Crippen molar-refractivity contribution in [3.63, 3.8) is 0 Å². The van der Waals surface area contributed by atoms with Gasteiger partial charge in [-0.15, -0.1) is 0 Å². The van der Waals surface area contributed by atoms with Gasteiger partial charge in [0, 0.05) is 26.2 Å². The molecule has 112 valence electrons. The van der Waals surface area contributed by atoms with E-state index in [4.69, 9.17) is 15.2 Å². The van der Waals surface area contributed by atoms with Crippen LogP contribution in [-0.2, 0) is 11.3 Å². The van der Waals surface area contributed by atoms with Crippen molar-refractivity contribution in [2.75, 3.05) is 19.8 Å². The monoisotopic (exact) mass is 277 g/mol. The van der Waals surface area contributed by atoms with Crippen LogP contribution in [0.3, 0.4) is 0 Å². The van der Waals surface area contributed by atoms with Crippen LogP contribution in [0, 0.1) is 5.92 Å². The van der Waals surface area contributed by atoms with Gasteiger partial charge in [0.05, 0.1) is 6.61 Å². The smallest absolute Gasteiger partial charge is 0.119 e. The first-order valence-corrected chi connectivity index (χ1v) is 7.88. The fourth-order valence-corrected chi connectivity index (χ4v) is 2.68. The molecule has 1 saturated carbocycles. The fraction of sp³-hybridized carbons (Fsp3) is 0.647. The quantitative estimate of drug-likeness (QED) is 0.740. The van der Waals surface area contributed by atoms with Crippen molar-refractivity contribution in [2.45, 2.75) is 45.1 Å². The highest BCUT2D eigenvalue weighted by molar-refractivity contribution is 5.26. The summed E-state index contributed by atoms with van der Waals surface area (Å²) in [4.78, 5) is 0. The summed E-state index contributed by atoms with van der Waals surface area (Å²) in [5, 5.41) is 0. The van der Waals surface area contributed by atoms with Gasteiger partial charge in [0.15, 0.2) is 0 Å². The predicted octanol–water partition coefficient (Wildman–Crippen LogP) is 3.51. The standard InChI is InChI=1S/C17H27NO2/c18-13-15-7-9-17(10-8-15)20-12-4-11-19-14-16-5-2-1-3-6-16/h7-10,16H,1-6,11-14,18H2. The van der Waals surface area contributed by atoms with Crippen molar-refractivity contribution in [2.24, 2.45) is 11.7 Å². The highest BCUT2D eigenvalue weighted by Crippen LogP contribution is 2.23. The lowest BCUT2D eigenvalue weighted by atomic mass is 9.90. The van der Waals surface area contributed by atoms with Crippen molar-refractivity contribution < 1.29 is 9.47 Å². The van der Waals surface area contributed by atoms with Gasteiger partial charge in [-0.1, -0.05) is 31.4 Å². The maximum atomic E-state index is 5.75. The Morgan fingerprint density at radius 1 is 1.00 bits per heavy atom. The molecule has 0 aromatic heterocycles. The first kappa shape index (κ1) is 15.3. The fourth-order valence-electron chi connectivity index (χ4n) is 2.68. The molecule has 2 rings (SSSR count). The molecule has 0 atom stereocenters. The van der Waals surface area contributed by atoms with E-state index < -0.39 is 0 Å². The second kappa shape index (κ2) is 8.98. The third-order valence-electron chi connectivity index (χ3n) is 3.94. The van der Waals surface area contributed by atoms with Crippen LogP contribution in [0.1, 0.15) is 44.1 Å².